The third kappa shape index (κ3) is 2.32. The van der Waals surface area contributed by atoms with Gasteiger partial charge in [-0.3, -0.25) is 4.79 Å². The Hall–Kier alpha value is -4.44. The molecule has 32 heavy (non-hydrogen) atoms. The standard InChI is InChI=1S/C28H16N2O2/c31-28-19-14-13-18(16-20(19)27-21(28)15-17-7-1-2-8-22(17)29-27)30-23-9-3-5-11-25(23)32-26-12-6-4-10-24(26)30/h1-16H. The van der Waals surface area contributed by atoms with Crippen LogP contribution in [0.1, 0.15) is 15.9 Å². The van der Waals surface area contributed by atoms with E-state index in [-0.39, 0.29) is 5.78 Å². The average Bonchev–Trinajstić information content (AvgIpc) is 3.11. The van der Waals surface area contributed by atoms with Gasteiger partial charge < -0.3 is 9.64 Å². The lowest BCUT2D eigenvalue weighted by atomic mass is 10.1. The SMILES string of the molecule is O=C1c2ccc(N3c4ccccc4Oc4ccccc43)cc2-c2nc3ccccc3cc21. The van der Waals surface area contributed by atoms with Gasteiger partial charge in [-0.05, 0) is 54.6 Å². The number of ketones is 1. The molecule has 0 fully saturated rings. The molecule has 0 bridgehead atoms. The molecule has 0 saturated heterocycles. The minimum atomic E-state index is 0.0302. The Morgan fingerprint density at radius 2 is 1.34 bits per heavy atom. The molecule has 0 atom stereocenters. The summed E-state index contributed by atoms with van der Waals surface area (Å²) in [5, 5.41) is 0.976. The number of rotatable bonds is 1. The van der Waals surface area contributed by atoms with E-state index in [1.54, 1.807) is 0 Å². The van der Waals surface area contributed by atoms with Crippen LogP contribution in [0.2, 0.25) is 0 Å². The van der Waals surface area contributed by atoms with Crippen LogP contribution in [0.25, 0.3) is 22.2 Å². The predicted molar refractivity (Wildman–Crippen MR) is 125 cm³/mol. The summed E-state index contributed by atoms with van der Waals surface area (Å²) in [5.74, 6) is 1.63. The minimum Gasteiger partial charge on any atom is -0.453 e. The van der Waals surface area contributed by atoms with Crippen LogP contribution in [0.3, 0.4) is 0 Å². The highest BCUT2D eigenvalue weighted by atomic mass is 16.5. The molecule has 0 N–H and O–H groups in total. The topological polar surface area (TPSA) is 42.4 Å². The van der Waals surface area contributed by atoms with E-state index in [0.717, 1.165) is 50.7 Å². The zero-order valence-electron chi connectivity index (χ0n) is 16.9. The van der Waals surface area contributed by atoms with Crippen molar-refractivity contribution < 1.29 is 9.53 Å². The van der Waals surface area contributed by atoms with E-state index in [1.165, 1.54) is 0 Å². The lowest BCUT2D eigenvalue weighted by Gasteiger charge is -2.33. The predicted octanol–water partition coefficient (Wildman–Crippen LogP) is 7.02. The molecule has 1 aliphatic carbocycles. The van der Waals surface area contributed by atoms with Crippen LogP contribution in [0.5, 0.6) is 11.5 Å². The van der Waals surface area contributed by atoms with Crippen LogP contribution in [-0.2, 0) is 0 Å². The highest BCUT2D eigenvalue weighted by Gasteiger charge is 2.31. The average molecular weight is 412 g/mol. The highest BCUT2D eigenvalue weighted by Crippen LogP contribution is 2.51. The normalized spacial score (nSPS) is 13.2. The number of para-hydroxylation sites is 5. The van der Waals surface area contributed by atoms with E-state index in [4.69, 9.17) is 9.72 Å². The minimum absolute atomic E-state index is 0.0302. The number of nitrogens with zero attached hydrogens (tertiary/aromatic N) is 2. The second-order valence-corrected chi connectivity index (χ2v) is 8.01. The molecule has 0 unspecified atom stereocenters. The van der Waals surface area contributed by atoms with Crippen molar-refractivity contribution in [3.8, 4) is 22.8 Å². The number of carbonyl (C=O) groups excluding carboxylic acids is 1. The van der Waals surface area contributed by atoms with Gasteiger partial charge in [0.15, 0.2) is 17.3 Å². The van der Waals surface area contributed by atoms with E-state index >= 15 is 0 Å². The molecule has 2 heterocycles. The molecule has 4 nitrogen and oxygen atoms in total. The number of hydrogen-bond donors (Lipinski definition) is 0. The van der Waals surface area contributed by atoms with Crippen molar-refractivity contribution in [2.24, 2.45) is 0 Å². The number of pyridine rings is 1. The van der Waals surface area contributed by atoms with Crippen molar-refractivity contribution in [1.29, 1.82) is 0 Å². The maximum absolute atomic E-state index is 13.1. The first-order valence-corrected chi connectivity index (χ1v) is 10.5. The van der Waals surface area contributed by atoms with Crippen molar-refractivity contribution >= 4 is 33.7 Å². The maximum atomic E-state index is 13.1. The van der Waals surface area contributed by atoms with Crippen LogP contribution in [0.15, 0.2) is 97.1 Å². The molecule has 0 saturated carbocycles. The number of carbonyl (C=O) groups is 1. The van der Waals surface area contributed by atoms with Gasteiger partial charge in [-0.2, -0.15) is 0 Å². The van der Waals surface area contributed by atoms with Crippen molar-refractivity contribution in [2.45, 2.75) is 0 Å². The molecular formula is C28H16N2O2. The lowest BCUT2D eigenvalue weighted by molar-refractivity contribution is 0.104. The summed E-state index contributed by atoms with van der Waals surface area (Å²) < 4.78 is 6.14. The molecule has 1 aromatic heterocycles. The fourth-order valence-corrected chi connectivity index (χ4v) is 4.69. The quantitative estimate of drug-likeness (QED) is 0.290. The highest BCUT2D eigenvalue weighted by molar-refractivity contribution is 6.22. The second kappa shape index (κ2) is 6.28. The summed E-state index contributed by atoms with van der Waals surface area (Å²) in [6.45, 7) is 0. The van der Waals surface area contributed by atoms with Gasteiger partial charge >= 0.3 is 0 Å². The molecule has 2 aliphatic rings. The van der Waals surface area contributed by atoms with E-state index < -0.39 is 0 Å². The lowest BCUT2D eigenvalue weighted by Crippen LogP contribution is -2.15. The van der Waals surface area contributed by atoms with Crippen molar-refractivity contribution in [3.05, 3.63) is 108 Å². The molecule has 0 amide bonds. The summed E-state index contributed by atoms with van der Waals surface area (Å²) in [6.07, 6.45) is 0. The first-order valence-electron chi connectivity index (χ1n) is 10.5. The van der Waals surface area contributed by atoms with Crippen molar-refractivity contribution in [1.82, 2.24) is 4.98 Å². The van der Waals surface area contributed by atoms with Crippen LogP contribution in [0, 0.1) is 0 Å². The van der Waals surface area contributed by atoms with E-state index in [2.05, 4.69) is 11.0 Å². The Balaban J connectivity index is 1.46. The molecule has 4 heteroatoms. The van der Waals surface area contributed by atoms with Gasteiger partial charge in [0, 0.05) is 27.8 Å². The number of benzene rings is 4. The van der Waals surface area contributed by atoms with Crippen molar-refractivity contribution in [3.63, 3.8) is 0 Å². The Labute approximate surface area is 184 Å². The monoisotopic (exact) mass is 412 g/mol. The number of aromatic nitrogens is 1. The van der Waals surface area contributed by atoms with Gasteiger partial charge in [-0.25, -0.2) is 4.98 Å². The zero-order chi connectivity index (χ0) is 21.2. The first kappa shape index (κ1) is 17.3. The Bertz CT molecular complexity index is 1540. The van der Waals surface area contributed by atoms with Crippen molar-refractivity contribution in [2.75, 3.05) is 4.90 Å². The molecule has 1 aliphatic heterocycles. The Morgan fingerprint density at radius 3 is 2.12 bits per heavy atom. The van der Waals surface area contributed by atoms with Crippen LogP contribution in [-0.4, -0.2) is 10.8 Å². The Morgan fingerprint density at radius 1 is 0.656 bits per heavy atom. The first-order chi connectivity index (χ1) is 15.8. The Kier molecular flexibility index (Phi) is 3.39. The smallest absolute Gasteiger partial charge is 0.195 e. The van der Waals surface area contributed by atoms with Crippen LogP contribution < -0.4 is 9.64 Å². The maximum Gasteiger partial charge on any atom is 0.195 e. The largest absolute Gasteiger partial charge is 0.453 e. The molecule has 0 spiro atoms. The summed E-state index contributed by atoms with van der Waals surface area (Å²) in [7, 11) is 0. The van der Waals surface area contributed by atoms with Crippen LogP contribution >= 0.6 is 0 Å². The fraction of sp³-hybridized carbons (Fsp3) is 0. The number of fused-ring (bicyclic) bond motifs is 6. The van der Waals surface area contributed by atoms with Gasteiger partial charge in [0.05, 0.1) is 22.6 Å². The zero-order valence-corrected chi connectivity index (χ0v) is 16.9. The summed E-state index contributed by atoms with van der Waals surface area (Å²) >= 11 is 0. The molecule has 4 aromatic carbocycles. The fourth-order valence-electron chi connectivity index (χ4n) is 4.69. The van der Waals surface area contributed by atoms with Gasteiger partial charge in [0.2, 0.25) is 0 Å². The molecule has 7 rings (SSSR count). The summed E-state index contributed by atoms with van der Waals surface area (Å²) in [6, 6.07) is 31.8. The molecule has 150 valence electrons. The van der Waals surface area contributed by atoms with Gasteiger partial charge in [0.25, 0.3) is 0 Å². The summed E-state index contributed by atoms with van der Waals surface area (Å²) in [4.78, 5) is 20.2. The second-order valence-electron chi connectivity index (χ2n) is 8.01. The van der Waals surface area contributed by atoms with Gasteiger partial charge in [0.1, 0.15) is 0 Å². The molecule has 5 aromatic rings. The number of anilines is 3. The van der Waals surface area contributed by atoms with Gasteiger partial charge in [-0.15, -0.1) is 0 Å². The molecule has 0 radical (unpaired) electrons. The van der Waals surface area contributed by atoms with Crippen LogP contribution in [0.4, 0.5) is 17.1 Å². The number of hydrogen-bond acceptors (Lipinski definition) is 4. The van der Waals surface area contributed by atoms with E-state index in [0.29, 0.717) is 11.1 Å². The van der Waals surface area contributed by atoms with E-state index in [9.17, 15) is 4.79 Å². The van der Waals surface area contributed by atoms with Gasteiger partial charge in [-0.1, -0.05) is 42.5 Å². The molecular weight excluding hydrogens is 396 g/mol. The third-order valence-corrected chi connectivity index (χ3v) is 6.16. The van der Waals surface area contributed by atoms with E-state index in [1.807, 2.05) is 91.0 Å². The summed E-state index contributed by atoms with van der Waals surface area (Å²) in [5.41, 5.74) is 6.75. The third-order valence-electron chi connectivity index (χ3n) is 6.16. The number of ether oxygens (including phenoxy) is 1.